The lowest BCUT2D eigenvalue weighted by molar-refractivity contribution is 0.0729. The van der Waals surface area contributed by atoms with E-state index in [1.807, 2.05) is 29.2 Å². The Morgan fingerprint density at radius 3 is 2.08 bits per heavy atom. The summed E-state index contributed by atoms with van der Waals surface area (Å²) in [5.41, 5.74) is 1.56. The van der Waals surface area contributed by atoms with Gasteiger partial charge in [-0.3, -0.25) is 4.79 Å². The highest BCUT2D eigenvalue weighted by atomic mass is 35.5. The van der Waals surface area contributed by atoms with Crippen LogP contribution in [0.2, 0.25) is 5.02 Å². The number of amides is 1. The lowest BCUT2D eigenvalue weighted by atomic mass is 10.1. The Hall–Kier alpha value is -2.40. The van der Waals surface area contributed by atoms with E-state index in [0.717, 1.165) is 18.4 Å². The summed E-state index contributed by atoms with van der Waals surface area (Å²) in [6.07, 6.45) is 2.04. The fraction of sp³-hybridized carbons (Fsp3) is 0.350. The van der Waals surface area contributed by atoms with Crippen molar-refractivity contribution in [2.24, 2.45) is 0 Å². The average molecular weight is 376 g/mol. The molecule has 3 rings (SSSR count). The Bertz CT molecular complexity index is 762. The van der Waals surface area contributed by atoms with Crippen molar-refractivity contribution in [2.75, 3.05) is 21.3 Å². The van der Waals surface area contributed by atoms with Crippen molar-refractivity contribution in [1.29, 1.82) is 0 Å². The van der Waals surface area contributed by atoms with Gasteiger partial charge in [0.15, 0.2) is 11.5 Å². The largest absolute Gasteiger partial charge is 0.493 e. The lowest BCUT2D eigenvalue weighted by Gasteiger charge is -2.24. The van der Waals surface area contributed by atoms with Crippen molar-refractivity contribution < 1.29 is 19.0 Å². The minimum atomic E-state index is -0.0540. The standard InChI is InChI=1S/C20H22ClNO4/c1-24-17-10-14(11-18(25-2)19(17)26-3)20(23)22(16-8-9-16)12-13-4-6-15(21)7-5-13/h4-7,10-11,16H,8-9,12H2,1-3H3. The summed E-state index contributed by atoms with van der Waals surface area (Å²) < 4.78 is 16.1. The van der Waals surface area contributed by atoms with E-state index in [2.05, 4.69) is 0 Å². The molecule has 2 aromatic carbocycles. The topological polar surface area (TPSA) is 48.0 Å². The molecule has 1 fully saturated rings. The molecule has 2 aromatic rings. The molecule has 0 unspecified atom stereocenters. The van der Waals surface area contributed by atoms with Crippen LogP contribution in [0.4, 0.5) is 0 Å². The van der Waals surface area contributed by atoms with E-state index in [1.54, 1.807) is 19.2 Å². The van der Waals surface area contributed by atoms with E-state index in [4.69, 9.17) is 25.8 Å². The highest BCUT2D eigenvalue weighted by Gasteiger charge is 2.33. The highest BCUT2D eigenvalue weighted by Crippen LogP contribution is 2.39. The molecule has 0 spiro atoms. The third-order valence-corrected chi connectivity index (χ3v) is 4.68. The molecule has 0 saturated heterocycles. The Balaban J connectivity index is 1.91. The van der Waals surface area contributed by atoms with Crippen LogP contribution in [0.5, 0.6) is 17.2 Å². The summed E-state index contributed by atoms with van der Waals surface area (Å²) in [4.78, 5) is 15.1. The van der Waals surface area contributed by atoms with Crippen molar-refractivity contribution in [2.45, 2.75) is 25.4 Å². The summed E-state index contributed by atoms with van der Waals surface area (Å²) in [5.74, 6) is 1.36. The van der Waals surface area contributed by atoms with E-state index in [1.165, 1.54) is 14.2 Å². The second kappa shape index (κ2) is 7.87. The zero-order valence-corrected chi connectivity index (χ0v) is 15.9. The van der Waals surface area contributed by atoms with Gasteiger partial charge < -0.3 is 19.1 Å². The van der Waals surface area contributed by atoms with Gasteiger partial charge in [-0.2, -0.15) is 0 Å². The zero-order chi connectivity index (χ0) is 18.7. The van der Waals surface area contributed by atoms with Crippen LogP contribution in [0.3, 0.4) is 0 Å². The molecule has 6 heteroatoms. The second-order valence-corrected chi connectivity index (χ2v) is 6.64. The van der Waals surface area contributed by atoms with Crippen LogP contribution in [0, 0.1) is 0 Å². The summed E-state index contributed by atoms with van der Waals surface area (Å²) in [6, 6.07) is 11.2. The van der Waals surface area contributed by atoms with Gasteiger partial charge in [-0.1, -0.05) is 23.7 Å². The van der Waals surface area contributed by atoms with Crippen LogP contribution < -0.4 is 14.2 Å². The fourth-order valence-electron chi connectivity index (χ4n) is 2.91. The Labute approximate surface area is 158 Å². The maximum atomic E-state index is 13.2. The number of halogens is 1. The average Bonchev–Trinajstić information content (AvgIpc) is 3.50. The number of nitrogens with zero attached hydrogens (tertiary/aromatic N) is 1. The van der Waals surface area contributed by atoms with Crippen LogP contribution in [0.1, 0.15) is 28.8 Å². The molecule has 138 valence electrons. The van der Waals surface area contributed by atoms with Crippen LogP contribution in [0.25, 0.3) is 0 Å². The maximum absolute atomic E-state index is 13.2. The number of carbonyl (C=O) groups is 1. The highest BCUT2D eigenvalue weighted by molar-refractivity contribution is 6.30. The second-order valence-electron chi connectivity index (χ2n) is 6.20. The molecule has 0 aliphatic heterocycles. The molecule has 0 heterocycles. The SMILES string of the molecule is COc1cc(C(=O)N(Cc2ccc(Cl)cc2)C2CC2)cc(OC)c1OC. The molecule has 26 heavy (non-hydrogen) atoms. The Morgan fingerprint density at radius 1 is 1.04 bits per heavy atom. The van der Waals surface area contributed by atoms with E-state index in [0.29, 0.717) is 34.4 Å². The lowest BCUT2D eigenvalue weighted by Crippen LogP contribution is -2.32. The van der Waals surface area contributed by atoms with E-state index in [-0.39, 0.29) is 11.9 Å². The first-order valence-electron chi connectivity index (χ1n) is 8.42. The van der Waals surface area contributed by atoms with Crippen molar-refractivity contribution >= 4 is 17.5 Å². The maximum Gasteiger partial charge on any atom is 0.254 e. The molecule has 1 aliphatic carbocycles. The monoisotopic (exact) mass is 375 g/mol. The van der Waals surface area contributed by atoms with Crippen LogP contribution in [0.15, 0.2) is 36.4 Å². The first-order valence-corrected chi connectivity index (χ1v) is 8.80. The van der Waals surface area contributed by atoms with Gasteiger partial charge in [-0.05, 0) is 42.7 Å². The molecule has 0 bridgehead atoms. The predicted octanol–water partition coefficient (Wildman–Crippen LogP) is 4.17. The minimum Gasteiger partial charge on any atom is -0.493 e. The first kappa shape index (κ1) is 18.4. The van der Waals surface area contributed by atoms with Crippen LogP contribution in [-0.4, -0.2) is 38.2 Å². The number of hydrogen-bond donors (Lipinski definition) is 0. The number of hydrogen-bond acceptors (Lipinski definition) is 4. The summed E-state index contributed by atoms with van der Waals surface area (Å²) in [7, 11) is 4.62. The number of rotatable bonds is 7. The van der Waals surface area contributed by atoms with Gasteiger partial charge in [-0.15, -0.1) is 0 Å². The van der Waals surface area contributed by atoms with Gasteiger partial charge in [0.25, 0.3) is 5.91 Å². The number of benzene rings is 2. The molecule has 1 aliphatic rings. The fourth-order valence-corrected chi connectivity index (χ4v) is 3.04. The molecule has 1 saturated carbocycles. The first-order chi connectivity index (χ1) is 12.6. The zero-order valence-electron chi connectivity index (χ0n) is 15.1. The molecule has 0 atom stereocenters. The number of methoxy groups -OCH3 is 3. The van der Waals surface area contributed by atoms with Gasteiger partial charge in [0.05, 0.1) is 21.3 Å². The smallest absolute Gasteiger partial charge is 0.254 e. The van der Waals surface area contributed by atoms with Crippen LogP contribution >= 0.6 is 11.6 Å². The van der Waals surface area contributed by atoms with Crippen LogP contribution in [-0.2, 0) is 6.54 Å². The quantitative estimate of drug-likeness (QED) is 0.728. The Kier molecular flexibility index (Phi) is 5.57. The third kappa shape index (κ3) is 3.88. The van der Waals surface area contributed by atoms with Gasteiger partial charge >= 0.3 is 0 Å². The Morgan fingerprint density at radius 2 is 1.62 bits per heavy atom. The van der Waals surface area contributed by atoms with Gasteiger partial charge in [0.2, 0.25) is 5.75 Å². The molecule has 0 aromatic heterocycles. The summed E-state index contributed by atoms with van der Waals surface area (Å²) >= 11 is 5.96. The van der Waals surface area contributed by atoms with Crippen molar-refractivity contribution in [1.82, 2.24) is 4.90 Å². The molecule has 5 nitrogen and oxygen atoms in total. The third-order valence-electron chi connectivity index (χ3n) is 4.43. The van der Waals surface area contributed by atoms with Crippen molar-refractivity contribution in [3.05, 3.63) is 52.5 Å². The van der Waals surface area contributed by atoms with Crippen molar-refractivity contribution in [3.8, 4) is 17.2 Å². The molecule has 0 N–H and O–H groups in total. The number of ether oxygens (including phenoxy) is 3. The molecular weight excluding hydrogens is 354 g/mol. The normalized spacial score (nSPS) is 13.2. The summed E-state index contributed by atoms with van der Waals surface area (Å²) in [6.45, 7) is 0.539. The van der Waals surface area contributed by atoms with Gasteiger partial charge in [-0.25, -0.2) is 0 Å². The van der Waals surface area contributed by atoms with Gasteiger partial charge in [0, 0.05) is 23.2 Å². The molecule has 0 radical (unpaired) electrons. The summed E-state index contributed by atoms with van der Waals surface area (Å²) in [5, 5.41) is 0.683. The van der Waals surface area contributed by atoms with Crippen molar-refractivity contribution in [3.63, 3.8) is 0 Å². The minimum absolute atomic E-state index is 0.0540. The molecular formula is C20H22ClNO4. The van der Waals surface area contributed by atoms with Gasteiger partial charge in [0.1, 0.15) is 0 Å². The molecule has 1 amide bonds. The number of carbonyl (C=O) groups excluding carboxylic acids is 1. The van der Waals surface area contributed by atoms with E-state index < -0.39 is 0 Å². The van der Waals surface area contributed by atoms with E-state index in [9.17, 15) is 4.79 Å². The van der Waals surface area contributed by atoms with E-state index >= 15 is 0 Å². The predicted molar refractivity (Wildman–Crippen MR) is 100 cm³/mol.